The molecule has 0 bridgehead atoms. The van der Waals surface area contributed by atoms with Crippen molar-refractivity contribution in [1.29, 1.82) is 0 Å². The highest BCUT2D eigenvalue weighted by Gasteiger charge is 2.12. The van der Waals surface area contributed by atoms with Crippen LogP contribution in [0.25, 0.3) is 10.9 Å². The number of amides is 1. The van der Waals surface area contributed by atoms with E-state index in [1.807, 2.05) is 18.5 Å². The number of thioether (sulfide) groups is 1. The second-order valence-electron chi connectivity index (χ2n) is 4.97. The minimum atomic E-state index is -0.440. The first kappa shape index (κ1) is 15.7. The fourth-order valence-corrected chi connectivity index (χ4v) is 2.69. The molecule has 1 aromatic heterocycles. The Hall–Kier alpha value is -1.66. The quantitative estimate of drug-likeness (QED) is 0.625. The minimum Gasteiger partial charge on any atom is -0.508 e. The molecule has 2 rings (SSSR count). The zero-order valence-electron chi connectivity index (χ0n) is 12.1. The van der Waals surface area contributed by atoms with Crippen LogP contribution >= 0.6 is 11.8 Å². The van der Waals surface area contributed by atoms with Crippen LogP contribution in [0.1, 0.15) is 12.0 Å². The molecule has 0 aliphatic rings. The Kier molecular flexibility index (Phi) is 5.52. The van der Waals surface area contributed by atoms with Gasteiger partial charge >= 0.3 is 0 Å². The summed E-state index contributed by atoms with van der Waals surface area (Å²) < 4.78 is 0. The fraction of sp³-hybridized carbons (Fsp3) is 0.400. The highest BCUT2D eigenvalue weighted by Crippen LogP contribution is 2.22. The van der Waals surface area contributed by atoms with Crippen LogP contribution in [0.4, 0.5) is 0 Å². The molecule has 0 spiro atoms. The number of phenols is 1. The van der Waals surface area contributed by atoms with Crippen LogP contribution < -0.4 is 11.1 Å². The molecular formula is C15H21N3O2S. The SMILES string of the molecule is CSCC[C@H](N)C(=O)NCCc1c[nH]c2ccc(O)cc12. The number of aromatic nitrogens is 1. The standard InChI is InChI=1S/C15H21N3O2S/c1-21-7-5-13(16)15(20)17-6-4-10-9-18-14-3-2-11(19)8-12(10)14/h2-3,8-9,13,18-19H,4-7,16H2,1H3,(H,17,20)/t13-/m0/s1. The molecule has 0 aliphatic heterocycles. The Labute approximate surface area is 128 Å². The number of benzene rings is 1. The van der Waals surface area contributed by atoms with Crippen molar-refractivity contribution >= 4 is 28.6 Å². The number of nitrogens with one attached hydrogen (secondary N) is 2. The molecule has 0 fully saturated rings. The maximum atomic E-state index is 11.8. The minimum absolute atomic E-state index is 0.105. The number of fused-ring (bicyclic) bond motifs is 1. The summed E-state index contributed by atoms with van der Waals surface area (Å²) in [5.74, 6) is 1.02. The molecule has 5 nitrogen and oxygen atoms in total. The lowest BCUT2D eigenvalue weighted by Gasteiger charge is -2.11. The van der Waals surface area contributed by atoms with Gasteiger partial charge in [0.1, 0.15) is 5.75 Å². The first-order valence-corrected chi connectivity index (χ1v) is 8.32. The van der Waals surface area contributed by atoms with Crippen molar-refractivity contribution < 1.29 is 9.90 Å². The average molecular weight is 307 g/mol. The van der Waals surface area contributed by atoms with E-state index >= 15 is 0 Å². The molecule has 0 unspecified atom stereocenters. The number of aromatic amines is 1. The normalized spacial score (nSPS) is 12.5. The van der Waals surface area contributed by atoms with Gasteiger partial charge in [-0.25, -0.2) is 0 Å². The van der Waals surface area contributed by atoms with Gasteiger partial charge in [-0.3, -0.25) is 4.79 Å². The van der Waals surface area contributed by atoms with Crippen LogP contribution in [0.2, 0.25) is 0 Å². The Morgan fingerprint density at radius 2 is 2.33 bits per heavy atom. The predicted molar refractivity (Wildman–Crippen MR) is 87.7 cm³/mol. The van der Waals surface area contributed by atoms with Crippen molar-refractivity contribution in [1.82, 2.24) is 10.3 Å². The summed E-state index contributed by atoms with van der Waals surface area (Å²) in [5.41, 5.74) is 7.85. The maximum absolute atomic E-state index is 11.8. The molecule has 0 saturated heterocycles. The smallest absolute Gasteiger partial charge is 0.236 e. The van der Waals surface area contributed by atoms with Crippen molar-refractivity contribution in [3.05, 3.63) is 30.0 Å². The van der Waals surface area contributed by atoms with Crippen LogP contribution in [0.15, 0.2) is 24.4 Å². The van der Waals surface area contributed by atoms with Crippen molar-refractivity contribution in [3.63, 3.8) is 0 Å². The second-order valence-corrected chi connectivity index (χ2v) is 5.96. The molecule has 1 atom stereocenters. The highest BCUT2D eigenvalue weighted by molar-refractivity contribution is 7.98. The van der Waals surface area contributed by atoms with Crippen LogP contribution in [0.5, 0.6) is 5.75 Å². The summed E-state index contributed by atoms with van der Waals surface area (Å²) in [6, 6.07) is 4.78. The molecule has 1 aromatic carbocycles. The molecule has 0 radical (unpaired) electrons. The molecule has 114 valence electrons. The second kappa shape index (κ2) is 7.38. The van der Waals surface area contributed by atoms with Gasteiger partial charge in [-0.1, -0.05) is 0 Å². The van der Waals surface area contributed by atoms with E-state index in [4.69, 9.17) is 5.73 Å². The van der Waals surface area contributed by atoms with Crippen LogP contribution in [-0.2, 0) is 11.2 Å². The van der Waals surface area contributed by atoms with Gasteiger partial charge in [0.25, 0.3) is 0 Å². The Balaban J connectivity index is 1.87. The highest BCUT2D eigenvalue weighted by atomic mass is 32.2. The number of rotatable bonds is 7. The molecule has 6 heteroatoms. The summed E-state index contributed by atoms with van der Waals surface area (Å²) in [6.45, 7) is 0.536. The zero-order valence-corrected chi connectivity index (χ0v) is 12.9. The van der Waals surface area contributed by atoms with Crippen LogP contribution in [0, 0.1) is 0 Å². The van der Waals surface area contributed by atoms with E-state index in [9.17, 15) is 9.90 Å². The molecule has 0 aliphatic carbocycles. The lowest BCUT2D eigenvalue weighted by molar-refractivity contribution is -0.122. The predicted octanol–water partition coefficient (Wildman–Crippen LogP) is 1.61. The van der Waals surface area contributed by atoms with Gasteiger partial charge in [0, 0.05) is 23.6 Å². The third-order valence-electron chi connectivity index (χ3n) is 3.41. The summed E-state index contributed by atoms with van der Waals surface area (Å²) >= 11 is 1.68. The molecule has 5 N–H and O–H groups in total. The van der Waals surface area contributed by atoms with E-state index in [0.717, 1.165) is 22.2 Å². The average Bonchev–Trinajstić information content (AvgIpc) is 2.87. The third-order valence-corrected chi connectivity index (χ3v) is 4.06. The van der Waals surface area contributed by atoms with E-state index in [-0.39, 0.29) is 11.7 Å². The number of phenolic OH excluding ortho intramolecular Hbond substituents is 1. The number of H-pyrrole nitrogens is 1. The number of hydrogen-bond donors (Lipinski definition) is 4. The van der Waals surface area contributed by atoms with Crippen molar-refractivity contribution in [2.45, 2.75) is 18.9 Å². The number of hydrogen-bond acceptors (Lipinski definition) is 4. The largest absolute Gasteiger partial charge is 0.508 e. The van der Waals surface area contributed by atoms with Crippen LogP contribution in [-0.4, -0.2) is 40.6 Å². The van der Waals surface area contributed by atoms with E-state index < -0.39 is 6.04 Å². The van der Waals surface area contributed by atoms with E-state index in [1.165, 1.54) is 0 Å². The van der Waals surface area contributed by atoms with Crippen molar-refractivity contribution in [2.24, 2.45) is 5.73 Å². The van der Waals surface area contributed by atoms with Gasteiger partial charge in [0.05, 0.1) is 6.04 Å². The molecule has 1 heterocycles. The van der Waals surface area contributed by atoms with Gasteiger partial charge in [0.2, 0.25) is 5.91 Å². The first-order chi connectivity index (χ1) is 10.1. The summed E-state index contributed by atoms with van der Waals surface area (Å²) in [7, 11) is 0. The van der Waals surface area contributed by atoms with Gasteiger partial charge in [-0.05, 0) is 48.6 Å². The third kappa shape index (κ3) is 4.15. The number of carbonyl (C=O) groups excluding carboxylic acids is 1. The van der Waals surface area contributed by atoms with Gasteiger partial charge in [0.15, 0.2) is 0 Å². The first-order valence-electron chi connectivity index (χ1n) is 6.93. The Bertz CT molecular complexity index is 612. The summed E-state index contributed by atoms with van der Waals surface area (Å²) in [6.07, 6.45) is 5.29. The lowest BCUT2D eigenvalue weighted by atomic mass is 10.1. The van der Waals surface area contributed by atoms with Crippen molar-refractivity contribution in [3.8, 4) is 5.75 Å². The Morgan fingerprint density at radius 1 is 1.52 bits per heavy atom. The number of aromatic hydroxyl groups is 1. The van der Waals surface area contributed by atoms with E-state index in [1.54, 1.807) is 23.9 Å². The Morgan fingerprint density at radius 3 is 3.10 bits per heavy atom. The zero-order chi connectivity index (χ0) is 15.2. The summed E-state index contributed by atoms with van der Waals surface area (Å²) in [5, 5.41) is 13.4. The lowest BCUT2D eigenvalue weighted by Crippen LogP contribution is -2.41. The fourth-order valence-electron chi connectivity index (χ4n) is 2.20. The molecule has 0 saturated carbocycles. The maximum Gasteiger partial charge on any atom is 0.236 e. The monoisotopic (exact) mass is 307 g/mol. The summed E-state index contributed by atoms with van der Waals surface area (Å²) in [4.78, 5) is 15.0. The van der Waals surface area contributed by atoms with Gasteiger partial charge in [-0.2, -0.15) is 11.8 Å². The number of carbonyl (C=O) groups is 1. The van der Waals surface area contributed by atoms with E-state index in [2.05, 4.69) is 10.3 Å². The molecule has 21 heavy (non-hydrogen) atoms. The number of nitrogens with two attached hydrogens (primary N) is 1. The molecule has 1 amide bonds. The van der Waals surface area contributed by atoms with Crippen LogP contribution in [0.3, 0.4) is 0 Å². The molecule has 2 aromatic rings. The molecular weight excluding hydrogens is 286 g/mol. The van der Waals surface area contributed by atoms with Gasteiger partial charge < -0.3 is 21.1 Å². The van der Waals surface area contributed by atoms with E-state index in [0.29, 0.717) is 19.4 Å². The topological polar surface area (TPSA) is 91.1 Å². The van der Waals surface area contributed by atoms with Crippen molar-refractivity contribution in [2.75, 3.05) is 18.6 Å². The van der Waals surface area contributed by atoms with Gasteiger partial charge in [-0.15, -0.1) is 0 Å².